The van der Waals surface area contributed by atoms with Gasteiger partial charge in [-0.2, -0.15) is 0 Å². The molecule has 1 fully saturated rings. The Morgan fingerprint density at radius 1 is 1.10 bits per heavy atom. The number of aryl methyl sites for hydroxylation is 3. The van der Waals surface area contributed by atoms with Crippen molar-refractivity contribution in [1.29, 1.82) is 0 Å². The number of carbonyl (C=O) groups is 1. The third kappa shape index (κ3) is 4.37. The highest BCUT2D eigenvalue weighted by Crippen LogP contribution is 2.38. The van der Waals surface area contributed by atoms with Gasteiger partial charge in [0.05, 0.1) is 5.69 Å². The number of hydrogen-bond donors (Lipinski definition) is 0. The van der Waals surface area contributed by atoms with Crippen molar-refractivity contribution in [2.45, 2.75) is 64.8 Å². The summed E-state index contributed by atoms with van der Waals surface area (Å²) in [4.78, 5) is 17.1. The molecular weight excluding hydrogens is 363 g/mol. The Kier molecular flexibility index (Phi) is 6.00. The average Bonchev–Trinajstić information content (AvgIpc) is 3.11. The molecule has 29 heavy (non-hydrogen) atoms. The van der Waals surface area contributed by atoms with E-state index >= 15 is 0 Å². The van der Waals surface area contributed by atoms with Crippen LogP contribution in [0.15, 0.2) is 36.4 Å². The fourth-order valence-corrected chi connectivity index (χ4v) is 4.90. The molecule has 4 rings (SSSR count). The SMILES string of the molecule is Cc1cc(CCCCN2CCCC2C)cc2c1N(c1ccc(F)cc1)C(=O)CC2. The van der Waals surface area contributed by atoms with Crippen molar-refractivity contribution in [1.82, 2.24) is 4.90 Å². The third-order valence-corrected chi connectivity index (χ3v) is 6.46. The maximum Gasteiger partial charge on any atom is 0.231 e. The van der Waals surface area contributed by atoms with Crippen LogP contribution in [0.4, 0.5) is 15.8 Å². The van der Waals surface area contributed by atoms with Crippen molar-refractivity contribution in [3.63, 3.8) is 0 Å². The molecular formula is C25H31FN2O. The minimum absolute atomic E-state index is 0.0830. The van der Waals surface area contributed by atoms with Crippen molar-refractivity contribution in [2.24, 2.45) is 0 Å². The van der Waals surface area contributed by atoms with E-state index in [9.17, 15) is 9.18 Å². The molecule has 1 saturated heterocycles. The van der Waals surface area contributed by atoms with E-state index in [1.165, 1.54) is 62.0 Å². The van der Waals surface area contributed by atoms with Gasteiger partial charge in [-0.25, -0.2) is 4.39 Å². The molecule has 2 aliphatic heterocycles. The number of amides is 1. The zero-order chi connectivity index (χ0) is 20.4. The van der Waals surface area contributed by atoms with Gasteiger partial charge in [-0.1, -0.05) is 12.1 Å². The maximum absolute atomic E-state index is 13.3. The Hall–Kier alpha value is -2.20. The van der Waals surface area contributed by atoms with E-state index in [0.29, 0.717) is 6.42 Å². The van der Waals surface area contributed by atoms with Crippen LogP contribution in [0.3, 0.4) is 0 Å². The Morgan fingerprint density at radius 2 is 1.90 bits per heavy atom. The second-order valence-electron chi connectivity index (χ2n) is 8.61. The van der Waals surface area contributed by atoms with Crippen LogP contribution in [0.5, 0.6) is 0 Å². The number of hydrogen-bond acceptors (Lipinski definition) is 2. The summed E-state index contributed by atoms with van der Waals surface area (Å²) < 4.78 is 13.3. The summed E-state index contributed by atoms with van der Waals surface area (Å²) in [7, 11) is 0. The number of fused-ring (bicyclic) bond motifs is 1. The fraction of sp³-hybridized carbons (Fsp3) is 0.480. The molecule has 0 spiro atoms. The normalized spacial score (nSPS) is 19.6. The molecule has 1 unspecified atom stereocenters. The molecule has 154 valence electrons. The molecule has 2 aliphatic rings. The van der Waals surface area contributed by atoms with E-state index in [0.717, 1.165) is 35.8 Å². The van der Waals surface area contributed by atoms with Crippen LogP contribution in [0.2, 0.25) is 0 Å². The van der Waals surface area contributed by atoms with E-state index in [1.807, 2.05) is 0 Å². The molecule has 1 atom stereocenters. The van der Waals surface area contributed by atoms with Gasteiger partial charge in [-0.3, -0.25) is 9.69 Å². The molecule has 4 heteroatoms. The molecule has 0 bridgehead atoms. The maximum atomic E-state index is 13.3. The van der Waals surface area contributed by atoms with Crippen LogP contribution in [0.1, 0.15) is 55.7 Å². The molecule has 2 aromatic rings. The molecule has 1 amide bonds. The van der Waals surface area contributed by atoms with Crippen LogP contribution in [0.25, 0.3) is 0 Å². The summed E-state index contributed by atoms with van der Waals surface area (Å²) in [5.41, 5.74) is 5.46. The summed E-state index contributed by atoms with van der Waals surface area (Å²) in [6.45, 7) is 6.89. The standard InChI is InChI=1S/C25H31FN2O/c1-18-16-20(7-3-4-14-27-15-5-6-19(27)2)17-21-8-13-24(29)28(25(18)21)23-11-9-22(26)10-12-23/h9-12,16-17,19H,3-8,13-15H2,1-2H3. The second-order valence-corrected chi connectivity index (χ2v) is 8.61. The lowest BCUT2D eigenvalue weighted by Gasteiger charge is -2.31. The van der Waals surface area contributed by atoms with Crippen molar-refractivity contribution in [3.8, 4) is 0 Å². The Balaban J connectivity index is 1.47. The van der Waals surface area contributed by atoms with Crippen molar-refractivity contribution >= 4 is 17.3 Å². The van der Waals surface area contributed by atoms with Crippen LogP contribution in [-0.2, 0) is 17.6 Å². The molecule has 0 saturated carbocycles. The number of nitrogens with zero attached hydrogens (tertiary/aromatic N) is 2. The van der Waals surface area contributed by atoms with Gasteiger partial charge in [-0.05, 0) is 106 Å². The summed E-state index contributed by atoms with van der Waals surface area (Å²) in [5.74, 6) is -0.200. The second kappa shape index (κ2) is 8.66. The zero-order valence-corrected chi connectivity index (χ0v) is 17.6. The first-order valence-corrected chi connectivity index (χ1v) is 11.0. The molecule has 0 radical (unpaired) electrons. The lowest BCUT2D eigenvalue weighted by molar-refractivity contribution is -0.118. The van der Waals surface area contributed by atoms with Gasteiger partial charge < -0.3 is 4.90 Å². The highest BCUT2D eigenvalue weighted by molar-refractivity contribution is 6.03. The smallest absolute Gasteiger partial charge is 0.231 e. The first kappa shape index (κ1) is 20.1. The number of likely N-dealkylation sites (tertiary alicyclic amines) is 1. The minimum Gasteiger partial charge on any atom is -0.301 e. The van der Waals surface area contributed by atoms with Crippen LogP contribution < -0.4 is 4.90 Å². The number of carbonyl (C=O) groups excluding carboxylic acids is 1. The Morgan fingerprint density at radius 3 is 2.62 bits per heavy atom. The van der Waals surface area contributed by atoms with Crippen LogP contribution in [0, 0.1) is 12.7 Å². The molecule has 2 heterocycles. The molecule has 2 aromatic carbocycles. The highest BCUT2D eigenvalue weighted by Gasteiger charge is 2.27. The van der Waals surface area contributed by atoms with E-state index in [-0.39, 0.29) is 11.7 Å². The monoisotopic (exact) mass is 394 g/mol. The van der Waals surface area contributed by atoms with Crippen molar-refractivity contribution in [3.05, 3.63) is 58.9 Å². The van der Waals surface area contributed by atoms with Gasteiger partial charge in [0.15, 0.2) is 0 Å². The Labute approximate surface area is 173 Å². The minimum atomic E-state index is -0.283. The number of anilines is 2. The molecule has 0 aromatic heterocycles. The molecule has 0 N–H and O–H groups in total. The molecule has 3 nitrogen and oxygen atoms in total. The number of rotatable bonds is 6. The summed E-state index contributed by atoms with van der Waals surface area (Å²) in [6, 6.07) is 11.5. The summed E-state index contributed by atoms with van der Waals surface area (Å²) >= 11 is 0. The number of halogens is 1. The number of benzene rings is 2. The van der Waals surface area contributed by atoms with Gasteiger partial charge in [0.1, 0.15) is 5.82 Å². The van der Waals surface area contributed by atoms with Gasteiger partial charge in [0, 0.05) is 18.2 Å². The van der Waals surface area contributed by atoms with Crippen molar-refractivity contribution < 1.29 is 9.18 Å². The van der Waals surface area contributed by atoms with E-state index < -0.39 is 0 Å². The van der Waals surface area contributed by atoms with E-state index in [2.05, 4.69) is 30.9 Å². The van der Waals surface area contributed by atoms with Gasteiger partial charge in [0.2, 0.25) is 5.91 Å². The lowest BCUT2D eigenvalue weighted by Crippen LogP contribution is -2.31. The third-order valence-electron chi connectivity index (χ3n) is 6.46. The van der Waals surface area contributed by atoms with Crippen molar-refractivity contribution in [2.75, 3.05) is 18.0 Å². The lowest BCUT2D eigenvalue weighted by atomic mass is 9.93. The summed E-state index contributed by atoms with van der Waals surface area (Å²) in [5, 5.41) is 0. The summed E-state index contributed by atoms with van der Waals surface area (Å²) in [6.07, 6.45) is 7.48. The van der Waals surface area contributed by atoms with E-state index in [4.69, 9.17) is 0 Å². The van der Waals surface area contributed by atoms with Crippen LogP contribution in [-0.4, -0.2) is 29.9 Å². The highest BCUT2D eigenvalue weighted by atomic mass is 19.1. The average molecular weight is 395 g/mol. The Bertz CT molecular complexity index is 877. The zero-order valence-electron chi connectivity index (χ0n) is 17.6. The first-order valence-electron chi connectivity index (χ1n) is 11.0. The predicted octanol–water partition coefficient (Wildman–Crippen LogP) is 5.55. The van der Waals surface area contributed by atoms with Gasteiger partial charge >= 0.3 is 0 Å². The molecule has 0 aliphatic carbocycles. The largest absolute Gasteiger partial charge is 0.301 e. The van der Waals surface area contributed by atoms with Gasteiger partial charge in [-0.15, -0.1) is 0 Å². The predicted molar refractivity (Wildman–Crippen MR) is 116 cm³/mol. The number of unbranched alkanes of at least 4 members (excludes halogenated alkanes) is 1. The van der Waals surface area contributed by atoms with Gasteiger partial charge in [0.25, 0.3) is 0 Å². The quantitative estimate of drug-likeness (QED) is 0.600. The topological polar surface area (TPSA) is 23.6 Å². The first-order chi connectivity index (χ1) is 14.0. The fourth-order valence-electron chi connectivity index (χ4n) is 4.90. The van der Waals surface area contributed by atoms with E-state index in [1.54, 1.807) is 17.0 Å². The van der Waals surface area contributed by atoms with Crippen LogP contribution >= 0.6 is 0 Å².